The van der Waals surface area contributed by atoms with Crippen molar-refractivity contribution in [1.29, 1.82) is 0 Å². The van der Waals surface area contributed by atoms with Gasteiger partial charge in [0.2, 0.25) is 0 Å². The summed E-state index contributed by atoms with van der Waals surface area (Å²) in [5.74, 6) is -2.50. The van der Waals surface area contributed by atoms with Crippen LogP contribution in [0.25, 0.3) is 0 Å². The minimum atomic E-state index is -4.71. The molecule has 2 N–H and O–H groups in total. The van der Waals surface area contributed by atoms with E-state index in [4.69, 9.17) is 39.5 Å². The summed E-state index contributed by atoms with van der Waals surface area (Å²) in [4.78, 5) is 36.0. The fourth-order valence-electron chi connectivity index (χ4n) is 2.28. The van der Waals surface area contributed by atoms with Crippen LogP contribution in [0.3, 0.4) is 0 Å². The molecule has 0 bridgehead atoms. The number of esters is 1. The van der Waals surface area contributed by atoms with E-state index in [1.165, 1.54) is 31.2 Å². The van der Waals surface area contributed by atoms with Crippen LogP contribution >= 0.6 is 34.8 Å². The largest absolute Gasteiger partial charge is 0.451 e. The van der Waals surface area contributed by atoms with E-state index >= 15 is 0 Å². The molecular formula is C19H14Cl3F3N2O4. The van der Waals surface area contributed by atoms with Crippen LogP contribution in [0.1, 0.15) is 22.8 Å². The molecule has 0 saturated heterocycles. The number of carbonyl (C=O) groups is 3. The standard InChI is InChI=1S/C19H14Cl3F3N2O4/c1-9(17(29)27-11-3-5-14(21)13(7-11)19(23,24)25)31-16(28)8-26-18(30)12-4-2-10(20)6-15(12)22/h2-7,9H,8H2,1H3,(H,26,30)(H,27,29). The van der Waals surface area contributed by atoms with Crippen molar-refractivity contribution in [2.45, 2.75) is 19.2 Å². The molecule has 0 heterocycles. The van der Waals surface area contributed by atoms with Gasteiger partial charge in [-0.15, -0.1) is 0 Å². The van der Waals surface area contributed by atoms with Gasteiger partial charge in [0.15, 0.2) is 6.10 Å². The van der Waals surface area contributed by atoms with Crippen LogP contribution in [0, 0.1) is 0 Å². The number of hydrogen-bond donors (Lipinski definition) is 2. The van der Waals surface area contributed by atoms with Gasteiger partial charge in [0, 0.05) is 10.7 Å². The first-order valence-electron chi connectivity index (χ1n) is 8.49. The van der Waals surface area contributed by atoms with Gasteiger partial charge in [-0.3, -0.25) is 14.4 Å². The number of anilines is 1. The number of ether oxygens (including phenoxy) is 1. The molecule has 2 aromatic carbocycles. The maximum Gasteiger partial charge on any atom is 0.417 e. The fourth-order valence-corrected chi connectivity index (χ4v) is 3.00. The Labute approximate surface area is 189 Å². The van der Waals surface area contributed by atoms with E-state index in [2.05, 4.69) is 10.6 Å². The quantitative estimate of drug-likeness (QED) is 0.552. The first kappa shape index (κ1) is 24.8. The topological polar surface area (TPSA) is 84.5 Å². The Balaban J connectivity index is 1.91. The van der Waals surface area contributed by atoms with Crippen molar-refractivity contribution in [3.63, 3.8) is 0 Å². The van der Waals surface area contributed by atoms with E-state index in [9.17, 15) is 27.6 Å². The molecule has 1 atom stereocenters. The van der Waals surface area contributed by atoms with E-state index in [1.54, 1.807) is 0 Å². The van der Waals surface area contributed by atoms with Gasteiger partial charge >= 0.3 is 12.1 Å². The van der Waals surface area contributed by atoms with Crippen molar-refractivity contribution >= 4 is 58.3 Å². The highest BCUT2D eigenvalue weighted by Crippen LogP contribution is 2.36. The number of benzene rings is 2. The Bertz CT molecular complexity index is 1020. The van der Waals surface area contributed by atoms with E-state index in [-0.39, 0.29) is 16.3 Å². The van der Waals surface area contributed by atoms with Crippen molar-refractivity contribution in [1.82, 2.24) is 5.32 Å². The first-order chi connectivity index (χ1) is 14.4. The Morgan fingerprint density at radius 2 is 1.71 bits per heavy atom. The number of carbonyl (C=O) groups excluding carboxylic acids is 3. The smallest absolute Gasteiger partial charge is 0.417 e. The minimum Gasteiger partial charge on any atom is -0.451 e. The molecule has 2 rings (SSSR count). The molecule has 12 heteroatoms. The Morgan fingerprint density at radius 1 is 1.03 bits per heavy atom. The molecule has 1 unspecified atom stereocenters. The monoisotopic (exact) mass is 496 g/mol. The van der Waals surface area contributed by atoms with Crippen LogP contribution < -0.4 is 10.6 Å². The van der Waals surface area contributed by atoms with Crippen LogP contribution in [-0.4, -0.2) is 30.4 Å². The zero-order chi connectivity index (χ0) is 23.3. The summed E-state index contributed by atoms with van der Waals surface area (Å²) in [6, 6.07) is 6.96. The molecular weight excluding hydrogens is 484 g/mol. The highest BCUT2D eigenvalue weighted by molar-refractivity contribution is 6.36. The lowest BCUT2D eigenvalue weighted by atomic mass is 10.2. The van der Waals surface area contributed by atoms with Gasteiger partial charge in [0.1, 0.15) is 6.54 Å². The van der Waals surface area contributed by atoms with Gasteiger partial charge in [-0.25, -0.2) is 0 Å². The molecule has 2 aromatic rings. The Morgan fingerprint density at radius 3 is 2.32 bits per heavy atom. The third kappa shape index (κ3) is 7.02. The zero-order valence-electron chi connectivity index (χ0n) is 15.6. The average Bonchev–Trinajstić information content (AvgIpc) is 2.66. The second kappa shape index (κ2) is 10.2. The van der Waals surface area contributed by atoms with Gasteiger partial charge in [-0.2, -0.15) is 13.2 Å². The molecule has 0 fully saturated rings. The lowest BCUT2D eigenvalue weighted by Crippen LogP contribution is -2.36. The highest BCUT2D eigenvalue weighted by atomic mass is 35.5. The molecule has 0 aliphatic rings. The predicted octanol–water partition coefficient (Wildman–Crippen LogP) is 4.97. The molecule has 0 saturated carbocycles. The normalized spacial score (nSPS) is 12.1. The van der Waals surface area contributed by atoms with Gasteiger partial charge in [0.05, 0.1) is 21.2 Å². The molecule has 0 radical (unpaired) electrons. The maximum atomic E-state index is 12.9. The zero-order valence-corrected chi connectivity index (χ0v) is 17.9. The fraction of sp³-hybridized carbons (Fsp3) is 0.211. The van der Waals surface area contributed by atoms with Crippen LogP contribution in [0.15, 0.2) is 36.4 Å². The van der Waals surface area contributed by atoms with Gasteiger partial charge in [-0.05, 0) is 43.3 Å². The van der Waals surface area contributed by atoms with E-state index in [0.717, 1.165) is 6.07 Å². The van der Waals surface area contributed by atoms with Crippen molar-refractivity contribution < 1.29 is 32.3 Å². The number of hydrogen-bond acceptors (Lipinski definition) is 4. The number of halogens is 6. The third-order valence-electron chi connectivity index (χ3n) is 3.79. The van der Waals surface area contributed by atoms with E-state index in [0.29, 0.717) is 11.1 Å². The second-order valence-corrected chi connectivity index (χ2v) is 7.37. The summed E-state index contributed by atoms with van der Waals surface area (Å²) in [6.45, 7) is 0.639. The maximum absolute atomic E-state index is 12.9. The van der Waals surface area contributed by atoms with Crippen LogP contribution in [0.2, 0.25) is 15.1 Å². The SMILES string of the molecule is CC(OC(=O)CNC(=O)c1ccc(Cl)cc1Cl)C(=O)Nc1ccc(Cl)c(C(F)(F)F)c1. The van der Waals surface area contributed by atoms with Crippen molar-refractivity contribution in [3.05, 3.63) is 62.6 Å². The molecule has 31 heavy (non-hydrogen) atoms. The van der Waals surface area contributed by atoms with Crippen molar-refractivity contribution in [2.24, 2.45) is 0 Å². The molecule has 0 aliphatic heterocycles. The Hall–Kier alpha value is -2.49. The minimum absolute atomic E-state index is 0.0762. The number of nitrogens with one attached hydrogen (secondary N) is 2. The van der Waals surface area contributed by atoms with E-state index in [1.807, 2.05) is 0 Å². The number of alkyl halides is 3. The highest BCUT2D eigenvalue weighted by Gasteiger charge is 2.33. The number of rotatable bonds is 6. The summed E-state index contributed by atoms with van der Waals surface area (Å²) in [5, 5.41) is 4.34. The molecule has 0 aromatic heterocycles. The van der Waals surface area contributed by atoms with Gasteiger partial charge < -0.3 is 15.4 Å². The summed E-state index contributed by atoms with van der Waals surface area (Å²) in [7, 11) is 0. The van der Waals surface area contributed by atoms with Gasteiger partial charge in [0.25, 0.3) is 11.8 Å². The Kier molecular flexibility index (Phi) is 8.16. The average molecular weight is 498 g/mol. The second-order valence-electron chi connectivity index (χ2n) is 6.12. The van der Waals surface area contributed by atoms with Crippen LogP contribution in [0.4, 0.5) is 18.9 Å². The molecule has 0 spiro atoms. The summed E-state index contributed by atoms with van der Waals surface area (Å²) in [5.41, 5.74) is -1.23. The molecule has 0 aliphatic carbocycles. The van der Waals surface area contributed by atoms with Crippen molar-refractivity contribution in [2.75, 3.05) is 11.9 Å². The lowest BCUT2D eigenvalue weighted by Gasteiger charge is -2.15. The van der Waals surface area contributed by atoms with Crippen molar-refractivity contribution in [3.8, 4) is 0 Å². The van der Waals surface area contributed by atoms with Gasteiger partial charge in [-0.1, -0.05) is 34.8 Å². The summed E-state index contributed by atoms with van der Waals surface area (Å²) >= 11 is 17.2. The predicted molar refractivity (Wildman–Crippen MR) is 109 cm³/mol. The third-order valence-corrected chi connectivity index (χ3v) is 4.66. The first-order valence-corrected chi connectivity index (χ1v) is 9.62. The molecule has 6 nitrogen and oxygen atoms in total. The summed E-state index contributed by atoms with van der Waals surface area (Å²) in [6.07, 6.45) is -6.06. The van der Waals surface area contributed by atoms with Crippen LogP contribution in [0.5, 0.6) is 0 Å². The van der Waals surface area contributed by atoms with Crippen LogP contribution in [-0.2, 0) is 20.5 Å². The summed E-state index contributed by atoms with van der Waals surface area (Å²) < 4.78 is 43.6. The number of amides is 2. The molecule has 166 valence electrons. The van der Waals surface area contributed by atoms with E-state index < -0.39 is 47.2 Å². The molecule has 2 amide bonds. The lowest BCUT2D eigenvalue weighted by molar-refractivity contribution is -0.152.